The third kappa shape index (κ3) is 2.99. The van der Waals surface area contributed by atoms with E-state index in [-0.39, 0.29) is 0 Å². The molecule has 0 radical (unpaired) electrons. The lowest BCUT2D eigenvalue weighted by Gasteiger charge is -2.25. The van der Waals surface area contributed by atoms with Crippen LogP contribution in [0.2, 0.25) is 0 Å². The van der Waals surface area contributed by atoms with Crippen molar-refractivity contribution < 1.29 is 9.47 Å². The maximum atomic E-state index is 5.34. The quantitative estimate of drug-likeness (QED) is 0.434. The van der Waals surface area contributed by atoms with Crippen molar-refractivity contribution >= 4 is 0 Å². The Hall–Kier alpha value is -0.340. The maximum absolute atomic E-state index is 5.34. The molecule has 0 saturated heterocycles. The van der Waals surface area contributed by atoms with Gasteiger partial charge in [-0.1, -0.05) is 13.0 Å². The molecule has 0 amide bonds. The second-order valence-electron chi connectivity index (χ2n) is 2.29. The highest BCUT2D eigenvalue weighted by atomic mass is 16.7. The van der Waals surface area contributed by atoms with E-state index in [1.54, 1.807) is 13.2 Å². The van der Waals surface area contributed by atoms with Gasteiger partial charge in [-0.05, 0) is 13.3 Å². The molecular weight excluding hydrogens is 128 g/mol. The minimum Gasteiger partial charge on any atom is -0.353 e. The Balaban J connectivity index is 3.68. The van der Waals surface area contributed by atoms with Crippen LogP contribution in [0.3, 0.4) is 0 Å². The molecule has 0 aromatic carbocycles. The van der Waals surface area contributed by atoms with Crippen LogP contribution in [-0.4, -0.2) is 19.5 Å². The molecule has 0 rings (SSSR count). The summed E-state index contributed by atoms with van der Waals surface area (Å²) in [5, 5.41) is 0. The molecule has 0 bridgehead atoms. The van der Waals surface area contributed by atoms with Crippen LogP contribution in [0, 0.1) is 0 Å². The Morgan fingerprint density at radius 1 is 1.60 bits per heavy atom. The second-order valence-corrected chi connectivity index (χ2v) is 2.29. The Bertz CT molecular complexity index is 95.4. The molecule has 1 unspecified atom stereocenters. The summed E-state index contributed by atoms with van der Waals surface area (Å²) in [6.45, 7) is 8.03. The lowest BCUT2D eigenvalue weighted by molar-refractivity contribution is -0.204. The van der Waals surface area contributed by atoms with Gasteiger partial charge in [-0.2, -0.15) is 0 Å². The summed E-state index contributed by atoms with van der Waals surface area (Å²) in [6.07, 6.45) is 2.56. The number of hydrogen-bond acceptors (Lipinski definition) is 2. The smallest absolute Gasteiger partial charge is 0.165 e. The molecule has 0 aromatic rings. The first-order valence-corrected chi connectivity index (χ1v) is 3.48. The fourth-order valence-electron chi connectivity index (χ4n) is 0.541. The molecule has 2 heteroatoms. The van der Waals surface area contributed by atoms with E-state index in [1.165, 1.54) is 0 Å². The zero-order chi connectivity index (χ0) is 8.04. The minimum atomic E-state index is -0.436. The van der Waals surface area contributed by atoms with Crippen LogP contribution in [0.4, 0.5) is 0 Å². The van der Waals surface area contributed by atoms with Gasteiger partial charge in [0.1, 0.15) is 0 Å². The number of hydrogen-bond donors (Lipinski definition) is 0. The zero-order valence-corrected chi connectivity index (χ0v) is 7.02. The predicted molar refractivity (Wildman–Crippen MR) is 41.9 cm³/mol. The predicted octanol–water partition coefficient (Wildman–Crippen LogP) is 1.96. The van der Waals surface area contributed by atoms with Crippen LogP contribution in [0.25, 0.3) is 0 Å². The van der Waals surface area contributed by atoms with E-state index in [2.05, 4.69) is 6.58 Å². The molecule has 0 fully saturated rings. The average molecular weight is 144 g/mol. The van der Waals surface area contributed by atoms with E-state index >= 15 is 0 Å². The Morgan fingerprint density at radius 2 is 2.20 bits per heavy atom. The van der Waals surface area contributed by atoms with Crippen LogP contribution in [-0.2, 0) is 9.47 Å². The van der Waals surface area contributed by atoms with Crippen LogP contribution < -0.4 is 0 Å². The standard InChI is InChI=1S/C8H16O2/c1-5-7-10-8(3,6-2)9-4/h5H,1,6-7H2,2-4H3. The summed E-state index contributed by atoms with van der Waals surface area (Å²) in [4.78, 5) is 0. The third-order valence-corrected chi connectivity index (χ3v) is 1.58. The SMILES string of the molecule is C=CCOC(C)(CC)OC. The van der Waals surface area contributed by atoms with Gasteiger partial charge in [0, 0.05) is 7.11 Å². The van der Waals surface area contributed by atoms with Crippen molar-refractivity contribution in [2.24, 2.45) is 0 Å². The van der Waals surface area contributed by atoms with Gasteiger partial charge in [0.05, 0.1) is 6.61 Å². The molecule has 0 saturated carbocycles. The van der Waals surface area contributed by atoms with Crippen LogP contribution in [0.15, 0.2) is 12.7 Å². The Labute approximate surface area is 62.8 Å². The van der Waals surface area contributed by atoms with E-state index < -0.39 is 5.79 Å². The summed E-state index contributed by atoms with van der Waals surface area (Å²) in [5.74, 6) is -0.436. The van der Waals surface area contributed by atoms with Crippen molar-refractivity contribution in [1.82, 2.24) is 0 Å². The van der Waals surface area contributed by atoms with E-state index in [0.717, 1.165) is 6.42 Å². The fraction of sp³-hybridized carbons (Fsp3) is 0.750. The van der Waals surface area contributed by atoms with Crippen LogP contribution >= 0.6 is 0 Å². The fourth-order valence-corrected chi connectivity index (χ4v) is 0.541. The van der Waals surface area contributed by atoms with Crippen molar-refractivity contribution in [3.63, 3.8) is 0 Å². The van der Waals surface area contributed by atoms with Crippen LogP contribution in [0.5, 0.6) is 0 Å². The summed E-state index contributed by atoms with van der Waals surface area (Å²) in [6, 6.07) is 0. The zero-order valence-electron chi connectivity index (χ0n) is 7.02. The first-order chi connectivity index (χ1) is 4.68. The van der Waals surface area contributed by atoms with Gasteiger partial charge in [0.2, 0.25) is 0 Å². The largest absolute Gasteiger partial charge is 0.353 e. The Kier molecular flexibility index (Phi) is 4.32. The molecule has 0 aliphatic carbocycles. The van der Waals surface area contributed by atoms with Gasteiger partial charge in [0.15, 0.2) is 5.79 Å². The molecule has 0 aliphatic rings. The Morgan fingerprint density at radius 3 is 2.50 bits per heavy atom. The van der Waals surface area contributed by atoms with Gasteiger partial charge in [-0.15, -0.1) is 6.58 Å². The van der Waals surface area contributed by atoms with Gasteiger partial charge >= 0.3 is 0 Å². The average Bonchev–Trinajstić information content (AvgIpc) is 2.00. The first-order valence-electron chi connectivity index (χ1n) is 3.48. The van der Waals surface area contributed by atoms with Gasteiger partial charge in [-0.3, -0.25) is 0 Å². The second kappa shape index (κ2) is 4.47. The van der Waals surface area contributed by atoms with Gasteiger partial charge in [-0.25, -0.2) is 0 Å². The molecule has 2 nitrogen and oxygen atoms in total. The van der Waals surface area contributed by atoms with Crippen molar-refractivity contribution in [2.75, 3.05) is 13.7 Å². The highest BCUT2D eigenvalue weighted by Crippen LogP contribution is 2.14. The lowest BCUT2D eigenvalue weighted by Crippen LogP contribution is -2.29. The van der Waals surface area contributed by atoms with Crippen molar-refractivity contribution in [3.8, 4) is 0 Å². The number of methoxy groups -OCH3 is 1. The highest BCUT2D eigenvalue weighted by molar-refractivity contribution is 4.68. The molecule has 60 valence electrons. The first kappa shape index (κ1) is 9.66. The van der Waals surface area contributed by atoms with Gasteiger partial charge < -0.3 is 9.47 Å². The van der Waals surface area contributed by atoms with Gasteiger partial charge in [0.25, 0.3) is 0 Å². The summed E-state index contributed by atoms with van der Waals surface area (Å²) in [5.41, 5.74) is 0. The minimum absolute atomic E-state index is 0.436. The van der Waals surface area contributed by atoms with E-state index in [1.807, 2.05) is 13.8 Å². The molecule has 10 heavy (non-hydrogen) atoms. The maximum Gasteiger partial charge on any atom is 0.165 e. The molecule has 0 aliphatic heterocycles. The third-order valence-electron chi connectivity index (χ3n) is 1.58. The number of rotatable bonds is 5. The molecule has 1 atom stereocenters. The normalized spacial score (nSPS) is 16.3. The topological polar surface area (TPSA) is 18.5 Å². The summed E-state index contributed by atoms with van der Waals surface area (Å²) < 4.78 is 10.5. The summed E-state index contributed by atoms with van der Waals surface area (Å²) in [7, 11) is 1.65. The van der Waals surface area contributed by atoms with E-state index in [4.69, 9.17) is 9.47 Å². The van der Waals surface area contributed by atoms with Crippen molar-refractivity contribution in [2.45, 2.75) is 26.1 Å². The van der Waals surface area contributed by atoms with E-state index in [0.29, 0.717) is 6.61 Å². The summed E-state index contributed by atoms with van der Waals surface area (Å²) >= 11 is 0. The van der Waals surface area contributed by atoms with E-state index in [9.17, 15) is 0 Å². The van der Waals surface area contributed by atoms with Crippen molar-refractivity contribution in [1.29, 1.82) is 0 Å². The molecule has 0 spiro atoms. The number of ether oxygens (including phenoxy) is 2. The van der Waals surface area contributed by atoms with Crippen LogP contribution in [0.1, 0.15) is 20.3 Å². The monoisotopic (exact) mass is 144 g/mol. The lowest BCUT2D eigenvalue weighted by atomic mass is 10.2. The van der Waals surface area contributed by atoms with Crippen molar-refractivity contribution in [3.05, 3.63) is 12.7 Å². The molecule has 0 heterocycles. The molecule has 0 aromatic heterocycles. The molecular formula is C8H16O2. The highest BCUT2D eigenvalue weighted by Gasteiger charge is 2.20. The molecule has 0 N–H and O–H groups in total.